The van der Waals surface area contributed by atoms with E-state index in [-0.39, 0.29) is 25.6 Å². The van der Waals surface area contributed by atoms with Gasteiger partial charge in [0, 0.05) is 6.04 Å². The van der Waals surface area contributed by atoms with Crippen molar-refractivity contribution < 1.29 is 23.5 Å². The SMILES string of the molecule is CCOP(=O)(CO[C@H]1C[C@@H](n2cnc3c(N)ncnc32)C[C@@H]1O)OCC. The summed E-state index contributed by atoms with van der Waals surface area (Å²) in [6, 6.07) is -0.0622. The van der Waals surface area contributed by atoms with Crippen molar-refractivity contribution in [3.05, 3.63) is 12.7 Å². The number of nitrogen functional groups attached to an aromatic ring is 1. The van der Waals surface area contributed by atoms with Crippen LogP contribution in [0.4, 0.5) is 5.82 Å². The fourth-order valence-electron chi connectivity index (χ4n) is 3.19. The highest BCUT2D eigenvalue weighted by Crippen LogP contribution is 2.49. The number of hydrogen-bond acceptors (Lipinski definition) is 9. The maximum absolute atomic E-state index is 12.5. The van der Waals surface area contributed by atoms with E-state index in [0.717, 1.165) is 0 Å². The summed E-state index contributed by atoms with van der Waals surface area (Å²) in [6.45, 7) is 4.00. The van der Waals surface area contributed by atoms with E-state index in [1.165, 1.54) is 6.33 Å². The third-order valence-electron chi connectivity index (χ3n) is 4.33. The molecule has 0 aromatic carbocycles. The van der Waals surface area contributed by atoms with E-state index in [9.17, 15) is 9.67 Å². The summed E-state index contributed by atoms with van der Waals surface area (Å²) in [4.78, 5) is 12.4. The molecule has 0 spiro atoms. The lowest BCUT2D eigenvalue weighted by Gasteiger charge is -2.21. The van der Waals surface area contributed by atoms with Gasteiger partial charge >= 0.3 is 7.60 Å². The fourth-order valence-corrected chi connectivity index (χ4v) is 4.57. The van der Waals surface area contributed by atoms with Crippen LogP contribution < -0.4 is 5.73 Å². The van der Waals surface area contributed by atoms with Crippen molar-refractivity contribution in [3.63, 3.8) is 0 Å². The van der Waals surface area contributed by atoms with Crippen LogP contribution in [0.25, 0.3) is 11.2 Å². The van der Waals surface area contributed by atoms with Gasteiger partial charge in [0.2, 0.25) is 0 Å². The molecule has 2 heterocycles. The van der Waals surface area contributed by atoms with Crippen molar-refractivity contribution in [3.8, 4) is 0 Å². The Morgan fingerprint density at radius 1 is 1.27 bits per heavy atom. The zero-order valence-electron chi connectivity index (χ0n) is 14.8. The minimum atomic E-state index is -3.31. The van der Waals surface area contributed by atoms with Crippen LogP contribution in [-0.2, 0) is 18.3 Å². The van der Waals surface area contributed by atoms with Gasteiger partial charge < -0.3 is 29.2 Å². The van der Waals surface area contributed by atoms with Gasteiger partial charge in [-0.05, 0) is 26.7 Å². The molecule has 0 unspecified atom stereocenters. The van der Waals surface area contributed by atoms with E-state index in [4.69, 9.17) is 19.5 Å². The third kappa shape index (κ3) is 3.89. The number of anilines is 1. The zero-order chi connectivity index (χ0) is 18.7. The van der Waals surface area contributed by atoms with Gasteiger partial charge in [0.15, 0.2) is 11.5 Å². The van der Waals surface area contributed by atoms with Crippen molar-refractivity contribution in [2.24, 2.45) is 0 Å². The molecule has 0 radical (unpaired) electrons. The summed E-state index contributed by atoms with van der Waals surface area (Å²) in [5.74, 6) is 0.314. The van der Waals surface area contributed by atoms with E-state index in [1.54, 1.807) is 20.2 Å². The highest BCUT2D eigenvalue weighted by Gasteiger charge is 2.37. The van der Waals surface area contributed by atoms with Crippen LogP contribution in [0.5, 0.6) is 0 Å². The monoisotopic (exact) mass is 385 g/mol. The summed E-state index contributed by atoms with van der Waals surface area (Å²) in [7, 11) is -3.31. The van der Waals surface area contributed by atoms with Crippen LogP contribution in [0, 0.1) is 0 Å². The Kier molecular flexibility index (Phi) is 5.89. The molecule has 2 aromatic heterocycles. The Morgan fingerprint density at radius 2 is 2.00 bits per heavy atom. The number of aromatic nitrogens is 4. The Labute approximate surface area is 151 Å². The minimum Gasteiger partial charge on any atom is -0.390 e. The average Bonchev–Trinajstić information content (AvgIpc) is 3.18. The van der Waals surface area contributed by atoms with Gasteiger partial charge in [0.1, 0.15) is 18.2 Å². The topological polar surface area (TPSA) is 135 Å². The van der Waals surface area contributed by atoms with Gasteiger partial charge in [-0.15, -0.1) is 0 Å². The second-order valence-electron chi connectivity index (χ2n) is 6.06. The molecule has 1 fully saturated rings. The van der Waals surface area contributed by atoms with Crippen molar-refractivity contribution in [1.82, 2.24) is 19.5 Å². The van der Waals surface area contributed by atoms with Crippen LogP contribution >= 0.6 is 7.60 Å². The molecule has 0 bridgehead atoms. The maximum atomic E-state index is 12.5. The molecule has 1 saturated carbocycles. The molecule has 3 atom stereocenters. The van der Waals surface area contributed by atoms with Gasteiger partial charge in [-0.2, -0.15) is 0 Å². The van der Waals surface area contributed by atoms with Gasteiger partial charge in [-0.25, -0.2) is 15.0 Å². The summed E-state index contributed by atoms with van der Waals surface area (Å²) in [5, 5.41) is 10.4. The lowest BCUT2D eigenvalue weighted by molar-refractivity contribution is -0.00712. The number of fused-ring (bicyclic) bond motifs is 1. The molecule has 11 heteroatoms. The van der Waals surface area contributed by atoms with E-state index in [0.29, 0.717) is 29.8 Å². The molecule has 0 aliphatic heterocycles. The van der Waals surface area contributed by atoms with Crippen molar-refractivity contribution in [2.45, 2.75) is 44.9 Å². The molecule has 1 aliphatic rings. The first-order valence-electron chi connectivity index (χ1n) is 8.58. The average molecular weight is 385 g/mol. The Balaban J connectivity index is 1.69. The van der Waals surface area contributed by atoms with Gasteiger partial charge in [-0.3, -0.25) is 4.57 Å². The van der Waals surface area contributed by atoms with Crippen LogP contribution in [0.3, 0.4) is 0 Å². The fraction of sp³-hybridized carbons (Fsp3) is 0.667. The standard InChI is InChI=1S/C15H24N5O5P/c1-3-24-26(22,25-4-2)9-23-12-6-10(5-11(12)21)20-8-19-13-14(16)17-7-18-15(13)20/h7-8,10-12,21H,3-6,9H2,1-2H3,(H2,16,17,18)/t10-,11-,12-/m0/s1. The second kappa shape index (κ2) is 7.98. The third-order valence-corrected chi connectivity index (χ3v) is 6.09. The first-order valence-corrected chi connectivity index (χ1v) is 10.3. The number of rotatable bonds is 8. The molecule has 3 rings (SSSR count). The zero-order valence-corrected chi connectivity index (χ0v) is 15.7. The van der Waals surface area contributed by atoms with Gasteiger partial charge in [0.05, 0.1) is 31.7 Å². The smallest absolute Gasteiger partial charge is 0.356 e. The van der Waals surface area contributed by atoms with Crippen LogP contribution in [0.15, 0.2) is 12.7 Å². The minimum absolute atomic E-state index is 0.0622. The van der Waals surface area contributed by atoms with Crippen LogP contribution in [0.2, 0.25) is 0 Å². The number of imidazole rings is 1. The quantitative estimate of drug-likeness (QED) is 0.651. The predicted octanol–water partition coefficient (Wildman–Crippen LogP) is 1.71. The molecule has 26 heavy (non-hydrogen) atoms. The largest absolute Gasteiger partial charge is 0.390 e. The molecule has 10 nitrogen and oxygen atoms in total. The number of aliphatic hydroxyl groups is 1. The maximum Gasteiger partial charge on any atom is 0.356 e. The van der Waals surface area contributed by atoms with E-state index in [2.05, 4.69) is 15.0 Å². The second-order valence-corrected chi connectivity index (χ2v) is 8.05. The first-order chi connectivity index (χ1) is 12.5. The molecule has 0 amide bonds. The van der Waals surface area contributed by atoms with E-state index >= 15 is 0 Å². The molecule has 1 aliphatic carbocycles. The summed E-state index contributed by atoms with van der Waals surface area (Å²) in [6.07, 6.45) is 2.64. The number of nitrogens with two attached hydrogens (primary N) is 1. The normalized spacial score (nSPS) is 23.7. The Morgan fingerprint density at radius 3 is 2.69 bits per heavy atom. The number of nitrogens with zero attached hydrogens (tertiary/aromatic N) is 4. The lowest BCUT2D eigenvalue weighted by Crippen LogP contribution is -2.23. The Hall–Kier alpha value is -1.58. The number of hydrogen-bond donors (Lipinski definition) is 2. The summed E-state index contributed by atoms with van der Waals surface area (Å²) in [5.41, 5.74) is 6.96. The molecule has 3 N–H and O–H groups in total. The van der Waals surface area contributed by atoms with Crippen molar-refractivity contribution in [1.29, 1.82) is 0 Å². The Bertz CT molecular complexity index is 790. The highest BCUT2D eigenvalue weighted by molar-refractivity contribution is 7.53. The number of aliphatic hydroxyl groups excluding tert-OH is 1. The number of ether oxygens (including phenoxy) is 1. The molecular weight excluding hydrogens is 361 g/mol. The highest BCUT2D eigenvalue weighted by atomic mass is 31.2. The summed E-state index contributed by atoms with van der Waals surface area (Å²) < 4.78 is 30.5. The van der Waals surface area contributed by atoms with Crippen molar-refractivity contribution in [2.75, 3.05) is 25.3 Å². The molecular formula is C15H24N5O5P. The van der Waals surface area contributed by atoms with Gasteiger partial charge in [-0.1, -0.05) is 0 Å². The predicted molar refractivity (Wildman–Crippen MR) is 94.6 cm³/mol. The van der Waals surface area contributed by atoms with E-state index < -0.39 is 19.8 Å². The van der Waals surface area contributed by atoms with Crippen LogP contribution in [0.1, 0.15) is 32.7 Å². The van der Waals surface area contributed by atoms with E-state index in [1.807, 2.05) is 4.57 Å². The molecule has 144 valence electrons. The van der Waals surface area contributed by atoms with Crippen molar-refractivity contribution >= 4 is 24.6 Å². The molecule has 2 aromatic rings. The lowest BCUT2D eigenvalue weighted by atomic mass is 10.2. The van der Waals surface area contributed by atoms with Crippen LogP contribution in [-0.4, -0.2) is 56.4 Å². The molecule has 0 saturated heterocycles. The summed E-state index contributed by atoms with van der Waals surface area (Å²) >= 11 is 0. The van der Waals surface area contributed by atoms with Gasteiger partial charge in [0.25, 0.3) is 0 Å². The first kappa shape index (κ1) is 19.2.